The summed E-state index contributed by atoms with van der Waals surface area (Å²) in [6, 6.07) is 10.2. The van der Waals surface area contributed by atoms with E-state index in [4.69, 9.17) is 9.15 Å². The third-order valence-corrected chi connectivity index (χ3v) is 4.15. The molecule has 2 heterocycles. The molecule has 0 spiro atoms. The minimum atomic E-state index is -0.366. The molecule has 2 aromatic rings. The van der Waals surface area contributed by atoms with E-state index in [1.54, 1.807) is 36.4 Å². The average molecular weight is 342 g/mol. The van der Waals surface area contributed by atoms with Crippen molar-refractivity contribution in [2.24, 2.45) is 0 Å². The molecule has 3 rings (SSSR count). The highest BCUT2D eigenvalue weighted by molar-refractivity contribution is 6.03. The summed E-state index contributed by atoms with van der Waals surface area (Å²) < 4.78 is 11.0. The molecule has 0 saturated carbocycles. The van der Waals surface area contributed by atoms with Crippen molar-refractivity contribution < 1.29 is 18.7 Å². The standard InChI is InChI=1S/C19H22N2O4/c1-2-15-6-7-17(24-15)18(22)21-14-5-3-4-13(12-14)19(23)25-16-8-10-20-11-9-16/h3-7,12,16,20H,2,8-11H2,1H3,(H,21,22). The molecule has 0 unspecified atom stereocenters. The van der Waals surface area contributed by atoms with Gasteiger partial charge in [0.25, 0.3) is 5.91 Å². The van der Waals surface area contributed by atoms with E-state index in [0.29, 0.717) is 11.3 Å². The first-order chi connectivity index (χ1) is 12.2. The van der Waals surface area contributed by atoms with Gasteiger partial charge < -0.3 is 19.8 Å². The van der Waals surface area contributed by atoms with Crippen LogP contribution in [0.15, 0.2) is 40.8 Å². The maximum Gasteiger partial charge on any atom is 0.338 e. The summed E-state index contributed by atoms with van der Waals surface area (Å²) >= 11 is 0. The first kappa shape index (κ1) is 17.2. The molecule has 0 atom stereocenters. The number of nitrogens with one attached hydrogen (secondary N) is 2. The molecule has 1 aliphatic heterocycles. The highest BCUT2D eigenvalue weighted by atomic mass is 16.5. The number of carbonyl (C=O) groups excluding carboxylic acids is 2. The second-order valence-corrected chi connectivity index (χ2v) is 6.01. The first-order valence-electron chi connectivity index (χ1n) is 8.57. The number of furan rings is 1. The molecule has 1 fully saturated rings. The Kier molecular flexibility index (Phi) is 5.50. The minimum Gasteiger partial charge on any atom is -0.459 e. The fraction of sp³-hybridized carbons (Fsp3) is 0.368. The molecule has 25 heavy (non-hydrogen) atoms. The smallest absolute Gasteiger partial charge is 0.338 e. The van der Waals surface area contributed by atoms with Crippen LogP contribution < -0.4 is 10.6 Å². The number of benzene rings is 1. The lowest BCUT2D eigenvalue weighted by Crippen LogP contribution is -2.33. The van der Waals surface area contributed by atoms with Crippen molar-refractivity contribution >= 4 is 17.6 Å². The Morgan fingerprint density at radius 1 is 1.24 bits per heavy atom. The molecule has 1 amide bonds. The van der Waals surface area contributed by atoms with Gasteiger partial charge in [-0.3, -0.25) is 4.79 Å². The zero-order valence-electron chi connectivity index (χ0n) is 14.2. The number of anilines is 1. The number of hydrogen-bond acceptors (Lipinski definition) is 5. The molecular weight excluding hydrogens is 320 g/mol. The quantitative estimate of drug-likeness (QED) is 0.817. The van der Waals surface area contributed by atoms with E-state index in [2.05, 4.69) is 10.6 Å². The first-order valence-corrected chi connectivity index (χ1v) is 8.57. The topological polar surface area (TPSA) is 80.6 Å². The predicted molar refractivity (Wildman–Crippen MR) is 93.8 cm³/mol. The summed E-state index contributed by atoms with van der Waals surface area (Å²) in [5.41, 5.74) is 0.948. The van der Waals surface area contributed by atoms with E-state index in [9.17, 15) is 9.59 Å². The van der Waals surface area contributed by atoms with Crippen LogP contribution in [-0.4, -0.2) is 31.1 Å². The van der Waals surface area contributed by atoms with Crippen LogP contribution in [0.4, 0.5) is 5.69 Å². The van der Waals surface area contributed by atoms with E-state index in [1.807, 2.05) is 6.92 Å². The number of aryl methyl sites for hydroxylation is 1. The van der Waals surface area contributed by atoms with Crippen molar-refractivity contribution in [3.05, 3.63) is 53.5 Å². The Morgan fingerprint density at radius 3 is 2.76 bits per heavy atom. The van der Waals surface area contributed by atoms with Gasteiger partial charge in [-0.1, -0.05) is 13.0 Å². The summed E-state index contributed by atoms with van der Waals surface area (Å²) in [6.45, 7) is 3.67. The largest absolute Gasteiger partial charge is 0.459 e. The molecule has 0 bridgehead atoms. The van der Waals surface area contributed by atoms with Crippen molar-refractivity contribution in [2.45, 2.75) is 32.3 Å². The van der Waals surface area contributed by atoms with Gasteiger partial charge in [-0.15, -0.1) is 0 Å². The minimum absolute atomic E-state index is 0.0532. The van der Waals surface area contributed by atoms with Crippen LogP contribution in [0.1, 0.15) is 46.4 Å². The summed E-state index contributed by atoms with van der Waals surface area (Å²) in [6.07, 6.45) is 2.31. The maximum atomic E-state index is 12.3. The second-order valence-electron chi connectivity index (χ2n) is 6.01. The van der Waals surface area contributed by atoms with Crippen LogP contribution in [0.3, 0.4) is 0 Å². The zero-order chi connectivity index (χ0) is 17.6. The molecule has 1 saturated heterocycles. The highest BCUT2D eigenvalue weighted by Gasteiger charge is 2.19. The molecule has 1 aromatic carbocycles. The van der Waals surface area contributed by atoms with E-state index in [-0.39, 0.29) is 23.7 Å². The summed E-state index contributed by atoms with van der Waals surface area (Å²) in [5.74, 6) is 0.293. The normalized spacial score (nSPS) is 14.9. The van der Waals surface area contributed by atoms with Crippen LogP contribution >= 0.6 is 0 Å². The summed E-state index contributed by atoms with van der Waals surface area (Å²) in [7, 11) is 0. The van der Waals surface area contributed by atoms with Crippen LogP contribution in [0.2, 0.25) is 0 Å². The number of carbonyl (C=O) groups is 2. The van der Waals surface area contributed by atoms with Crippen molar-refractivity contribution in [3.8, 4) is 0 Å². The molecular formula is C19H22N2O4. The summed E-state index contributed by atoms with van der Waals surface area (Å²) in [4.78, 5) is 24.5. The molecule has 1 aromatic heterocycles. The van der Waals surface area contributed by atoms with Gasteiger partial charge >= 0.3 is 5.97 Å². The van der Waals surface area contributed by atoms with Crippen LogP contribution in [0.25, 0.3) is 0 Å². The Morgan fingerprint density at radius 2 is 2.04 bits per heavy atom. The van der Waals surface area contributed by atoms with E-state index >= 15 is 0 Å². The van der Waals surface area contributed by atoms with Gasteiger partial charge in [0.2, 0.25) is 0 Å². The number of esters is 1. The Balaban J connectivity index is 1.64. The molecule has 132 valence electrons. The number of piperidine rings is 1. The third kappa shape index (κ3) is 4.48. The van der Waals surface area contributed by atoms with Crippen LogP contribution in [0.5, 0.6) is 0 Å². The molecule has 0 aliphatic carbocycles. The van der Waals surface area contributed by atoms with Gasteiger partial charge in [-0.25, -0.2) is 4.79 Å². The lowest BCUT2D eigenvalue weighted by molar-refractivity contribution is 0.0229. The van der Waals surface area contributed by atoms with Gasteiger partial charge in [0.05, 0.1) is 5.56 Å². The van der Waals surface area contributed by atoms with Gasteiger partial charge in [-0.05, 0) is 56.3 Å². The molecule has 1 aliphatic rings. The lowest BCUT2D eigenvalue weighted by Gasteiger charge is -2.22. The number of amides is 1. The maximum absolute atomic E-state index is 12.3. The predicted octanol–water partition coefficient (Wildman–Crippen LogP) is 3.00. The van der Waals surface area contributed by atoms with Crippen molar-refractivity contribution in [1.82, 2.24) is 5.32 Å². The van der Waals surface area contributed by atoms with E-state index in [0.717, 1.165) is 38.1 Å². The zero-order valence-corrected chi connectivity index (χ0v) is 14.2. The third-order valence-electron chi connectivity index (χ3n) is 4.15. The van der Waals surface area contributed by atoms with Crippen molar-refractivity contribution in [1.29, 1.82) is 0 Å². The van der Waals surface area contributed by atoms with Gasteiger partial charge in [0.15, 0.2) is 5.76 Å². The molecule has 2 N–H and O–H groups in total. The molecule has 6 heteroatoms. The highest BCUT2D eigenvalue weighted by Crippen LogP contribution is 2.17. The SMILES string of the molecule is CCc1ccc(C(=O)Nc2cccc(C(=O)OC3CCNCC3)c2)o1. The Bertz CT molecular complexity index is 747. The van der Waals surface area contributed by atoms with Crippen LogP contribution in [-0.2, 0) is 11.2 Å². The van der Waals surface area contributed by atoms with E-state index in [1.165, 1.54) is 0 Å². The van der Waals surface area contributed by atoms with Gasteiger partial charge in [0, 0.05) is 12.1 Å². The molecule has 6 nitrogen and oxygen atoms in total. The fourth-order valence-corrected chi connectivity index (χ4v) is 2.74. The number of rotatable bonds is 5. The van der Waals surface area contributed by atoms with Crippen molar-refractivity contribution in [2.75, 3.05) is 18.4 Å². The number of ether oxygens (including phenoxy) is 1. The summed E-state index contributed by atoms with van der Waals surface area (Å²) in [5, 5.41) is 5.98. The Labute approximate surface area is 146 Å². The fourth-order valence-electron chi connectivity index (χ4n) is 2.74. The van der Waals surface area contributed by atoms with Crippen LogP contribution in [0, 0.1) is 0 Å². The van der Waals surface area contributed by atoms with Gasteiger partial charge in [-0.2, -0.15) is 0 Å². The average Bonchev–Trinajstić information content (AvgIpc) is 3.12. The van der Waals surface area contributed by atoms with Crippen molar-refractivity contribution in [3.63, 3.8) is 0 Å². The lowest BCUT2D eigenvalue weighted by atomic mass is 10.1. The van der Waals surface area contributed by atoms with E-state index < -0.39 is 0 Å². The van der Waals surface area contributed by atoms with Gasteiger partial charge in [0.1, 0.15) is 11.9 Å². The Hall–Kier alpha value is -2.60. The monoisotopic (exact) mass is 342 g/mol. The number of hydrogen-bond donors (Lipinski definition) is 2. The molecule has 0 radical (unpaired) electrons. The second kappa shape index (κ2) is 7.98.